The van der Waals surface area contributed by atoms with Crippen molar-refractivity contribution >= 4 is 35.2 Å². The third-order valence-electron chi connectivity index (χ3n) is 3.69. The van der Waals surface area contributed by atoms with E-state index in [1.165, 1.54) is 13.2 Å². The molecule has 7 nitrogen and oxygen atoms in total. The largest absolute Gasteiger partial charge is 0.465 e. The number of hydrogen-bond donors (Lipinski definition) is 1. The van der Waals surface area contributed by atoms with E-state index in [1.807, 2.05) is 13.8 Å². The van der Waals surface area contributed by atoms with Crippen molar-refractivity contribution in [2.45, 2.75) is 27.2 Å². The first-order valence-electron chi connectivity index (χ1n) is 9.27. The van der Waals surface area contributed by atoms with Crippen LogP contribution in [0.15, 0.2) is 42.5 Å². The van der Waals surface area contributed by atoms with Gasteiger partial charge in [0.25, 0.3) is 5.91 Å². The lowest BCUT2D eigenvalue weighted by molar-refractivity contribution is 0.0601. The first-order valence-corrected chi connectivity index (χ1v) is 9.81. The van der Waals surface area contributed by atoms with Crippen molar-refractivity contribution in [3.05, 3.63) is 59.4 Å². The molecule has 0 fully saturated rings. The zero-order chi connectivity index (χ0) is 21.8. The van der Waals surface area contributed by atoms with Gasteiger partial charge in [0.05, 0.1) is 18.4 Å². The second-order valence-corrected chi connectivity index (χ2v) is 6.01. The number of imide groups is 1. The number of esters is 1. The van der Waals surface area contributed by atoms with Gasteiger partial charge in [-0.3, -0.25) is 9.69 Å². The third kappa shape index (κ3) is 6.87. The Morgan fingerprint density at radius 1 is 1.10 bits per heavy atom. The maximum atomic E-state index is 12.8. The van der Waals surface area contributed by atoms with Gasteiger partial charge in [-0.25, -0.2) is 14.6 Å². The number of nitrogens with zero attached hydrogens (tertiary/aromatic N) is 2. The van der Waals surface area contributed by atoms with Crippen LogP contribution in [0.25, 0.3) is 0 Å². The van der Waals surface area contributed by atoms with Gasteiger partial charge in [0, 0.05) is 18.1 Å². The Balaban J connectivity index is 0.00000204. The molecule has 1 aromatic carbocycles. The van der Waals surface area contributed by atoms with Gasteiger partial charge in [0.2, 0.25) is 0 Å². The number of amides is 3. The first-order chi connectivity index (χ1) is 14.0. The van der Waals surface area contributed by atoms with E-state index in [0.717, 1.165) is 4.90 Å². The summed E-state index contributed by atoms with van der Waals surface area (Å²) in [5, 5.41) is 2.59. The van der Waals surface area contributed by atoms with Crippen molar-refractivity contribution in [2.75, 3.05) is 24.9 Å². The number of nitrogens with one attached hydrogen (secondary N) is 1. The Hall–Kier alpha value is -2.93. The van der Waals surface area contributed by atoms with Crippen LogP contribution >= 0.6 is 11.6 Å². The van der Waals surface area contributed by atoms with Gasteiger partial charge >= 0.3 is 12.0 Å². The summed E-state index contributed by atoms with van der Waals surface area (Å²) >= 11 is 5.73. The van der Waals surface area contributed by atoms with E-state index in [0.29, 0.717) is 12.1 Å². The molecule has 0 saturated heterocycles. The molecule has 0 aliphatic rings. The van der Waals surface area contributed by atoms with Gasteiger partial charge in [-0.15, -0.1) is 11.6 Å². The average molecular weight is 420 g/mol. The van der Waals surface area contributed by atoms with E-state index < -0.39 is 17.9 Å². The Morgan fingerprint density at radius 3 is 2.41 bits per heavy atom. The third-order valence-corrected chi connectivity index (χ3v) is 3.95. The topological polar surface area (TPSA) is 88.6 Å². The van der Waals surface area contributed by atoms with Crippen molar-refractivity contribution in [2.24, 2.45) is 0 Å². The van der Waals surface area contributed by atoms with E-state index in [1.54, 1.807) is 43.3 Å². The van der Waals surface area contributed by atoms with E-state index in [-0.39, 0.29) is 29.4 Å². The number of alkyl halides is 1. The fourth-order valence-corrected chi connectivity index (χ4v) is 2.50. The summed E-state index contributed by atoms with van der Waals surface area (Å²) in [6.45, 7) is 5.87. The maximum absolute atomic E-state index is 12.8. The van der Waals surface area contributed by atoms with Gasteiger partial charge in [0.15, 0.2) is 0 Å². The molecule has 0 spiro atoms. The highest BCUT2D eigenvalue weighted by Gasteiger charge is 2.25. The van der Waals surface area contributed by atoms with Gasteiger partial charge in [-0.05, 0) is 37.6 Å². The number of carbonyl (C=O) groups excluding carboxylic acids is 3. The smallest absolute Gasteiger partial charge is 0.339 e. The molecule has 0 radical (unpaired) electrons. The lowest BCUT2D eigenvalue weighted by atomic mass is 10.2. The monoisotopic (exact) mass is 419 g/mol. The summed E-state index contributed by atoms with van der Waals surface area (Å²) in [4.78, 5) is 42.6. The van der Waals surface area contributed by atoms with Gasteiger partial charge in [-0.2, -0.15) is 0 Å². The number of halogens is 1. The highest BCUT2D eigenvalue weighted by molar-refractivity contribution is 6.18. The van der Waals surface area contributed by atoms with Crippen molar-refractivity contribution in [3.63, 3.8) is 0 Å². The summed E-state index contributed by atoms with van der Waals surface area (Å²) in [6, 6.07) is 10.7. The molecule has 2 aromatic rings. The SMILES string of the molecule is CC.COC(=O)c1ccccc1NC(=O)N(CCCCl)C(=O)c1cccc(C)n1. The highest BCUT2D eigenvalue weighted by Crippen LogP contribution is 2.17. The van der Waals surface area contributed by atoms with Crippen LogP contribution in [0.3, 0.4) is 0 Å². The Labute approximate surface area is 176 Å². The average Bonchev–Trinajstić information content (AvgIpc) is 2.75. The fraction of sp³-hybridized carbons (Fsp3) is 0.333. The number of aromatic nitrogens is 1. The van der Waals surface area contributed by atoms with Crippen molar-refractivity contribution < 1.29 is 19.1 Å². The van der Waals surface area contributed by atoms with Crippen LogP contribution in [0.4, 0.5) is 10.5 Å². The minimum Gasteiger partial charge on any atom is -0.465 e. The summed E-state index contributed by atoms with van der Waals surface area (Å²) in [6.07, 6.45) is 0.422. The minimum absolute atomic E-state index is 0.115. The predicted molar refractivity (Wildman–Crippen MR) is 113 cm³/mol. The quantitative estimate of drug-likeness (QED) is 0.549. The second kappa shape index (κ2) is 12.5. The summed E-state index contributed by atoms with van der Waals surface area (Å²) < 4.78 is 4.72. The molecule has 0 atom stereocenters. The standard InChI is InChI=1S/C19H20ClN3O4.C2H6/c1-13-7-5-10-16(21-13)17(24)23(12-6-11-20)19(26)22-15-9-4-3-8-14(15)18(25)27-2;1-2/h3-5,7-10H,6,11-12H2,1-2H3,(H,22,26);1-2H3. The van der Waals surface area contributed by atoms with Crippen LogP contribution in [-0.4, -0.2) is 47.3 Å². The van der Waals surface area contributed by atoms with E-state index in [2.05, 4.69) is 10.3 Å². The number of para-hydroxylation sites is 1. The fourth-order valence-electron chi connectivity index (χ4n) is 2.38. The molecule has 0 aliphatic carbocycles. The Bertz CT molecular complexity index is 842. The summed E-state index contributed by atoms with van der Waals surface area (Å²) in [5.41, 5.74) is 1.25. The molecule has 0 bridgehead atoms. The number of urea groups is 1. The van der Waals surface area contributed by atoms with Crippen LogP contribution in [-0.2, 0) is 4.74 Å². The molecule has 2 rings (SSSR count). The van der Waals surface area contributed by atoms with Crippen LogP contribution in [0.2, 0.25) is 0 Å². The Morgan fingerprint density at radius 2 is 1.79 bits per heavy atom. The lowest BCUT2D eigenvalue weighted by Gasteiger charge is -2.21. The van der Waals surface area contributed by atoms with Crippen LogP contribution in [0, 0.1) is 6.92 Å². The summed E-state index contributed by atoms with van der Waals surface area (Å²) in [5.74, 6) is -0.849. The normalized spacial score (nSPS) is 9.69. The number of pyridine rings is 1. The molecular formula is C21H26ClN3O4. The van der Waals surface area contributed by atoms with E-state index >= 15 is 0 Å². The molecule has 8 heteroatoms. The van der Waals surface area contributed by atoms with Gasteiger partial charge < -0.3 is 10.1 Å². The number of anilines is 1. The Kier molecular flexibility index (Phi) is 10.4. The molecule has 0 saturated carbocycles. The van der Waals surface area contributed by atoms with Gasteiger partial charge in [0.1, 0.15) is 5.69 Å². The maximum Gasteiger partial charge on any atom is 0.339 e. The molecule has 1 aromatic heterocycles. The van der Waals surface area contributed by atoms with E-state index in [9.17, 15) is 14.4 Å². The number of hydrogen-bond acceptors (Lipinski definition) is 5. The number of benzene rings is 1. The number of rotatable bonds is 6. The zero-order valence-electron chi connectivity index (χ0n) is 17.1. The number of methoxy groups -OCH3 is 1. The van der Waals surface area contributed by atoms with E-state index in [4.69, 9.17) is 16.3 Å². The minimum atomic E-state index is -0.676. The predicted octanol–water partition coefficient (Wildman–Crippen LogP) is 4.51. The number of carbonyl (C=O) groups is 3. The second-order valence-electron chi connectivity index (χ2n) is 5.63. The first kappa shape index (κ1) is 24.1. The van der Waals surface area contributed by atoms with Crippen molar-refractivity contribution in [1.82, 2.24) is 9.88 Å². The van der Waals surface area contributed by atoms with Crippen molar-refractivity contribution in [1.29, 1.82) is 0 Å². The highest BCUT2D eigenvalue weighted by atomic mass is 35.5. The molecule has 156 valence electrons. The molecule has 3 amide bonds. The zero-order valence-corrected chi connectivity index (χ0v) is 17.8. The molecule has 29 heavy (non-hydrogen) atoms. The van der Waals surface area contributed by atoms with Crippen LogP contribution in [0.5, 0.6) is 0 Å². The number of aryl methyl sites for hydroxylation is 1. The molecule has 1 N–H and O–H groups in total. The molecule has 0 aliphatic heterocycles. The molecule has 0 unspecified atom stereocenters. The van der Waals surface area contributed by atoms with Crippen LogP contribution in [0.1, 0.15) is 46.8 Å². The van der Waals surface area contributed by atoms with Crippen LogP contribution < -0.4 is 5.32 Å². The van der Waals surface area contributed by atoms with Gasteiger partial charge in [-0.1, -0.05) is 32.0 Å². The number of ether oxygens (including phenoxy) is 1. The lowest BCUT2D eigenvalue weighted by Crippen LogP contribution is -2.41. The summed E-state index contributed by atoms with van der Waals surface area (Å²) in [7, 11) is 1.25. The molecular weight excluding hydrogens is 394 g/mol. The molecule has 1 heterocycles. The van der Waals surface area contributed by atoms with Crippen molar-refractivity contribution in [3.8, 4) is 0 Å².